The predicted octanol–water partition coefficient (Wildman–Crippen LogP) is 3.90. The van der Waals surface area contributed by atoms with E-state index in [1.165, 1.54) is 0 Å². The van der Waals surface area contributed by atoms with Crippen LogP contribution in [-0.4, -0.2) is 11.5 Å². The van der Waals surface area contributed by atoms with Crippen LogP contribution in [0.5, 0.6) is 0 Å². The van der Waals surface area contributed by atoms with Gasteiger partial charge in [-0.1, -0.05) is 12.1 Å². The first-order chi connectivity index (χ1) is 6.49. The number of halogens is 1. The van der Waals surface area contributed by atoms with Crippen LogP contribution in [-0.2, 0) is 0 Å². The monoisotopic (exact) mass is 300 g/mol. The maximum absolute atomic E-state index is 4.17. The van der Waals surface area contributed by atoms with E-state index in [2.05, 4.69) is 38.6 Å². The van der Waals surface area contributed by atoms with Gasteiger partial charge in [0.25, 0.3) is 0 Å². The number of aliphatic imine (C=N–C) groups is 2. The fraction of sp³-hybridized carbons (Fsp3) is 0.364. The molecule has 0 aliphatic carbocycles. The molecule has 0 heterocycles. The van der Waals surface area contributed by atoms with E-state index in [9.17, 15) is 0 Å². The molecule has 0 saturated heterocycles. The fourth-order valence-electron chi connectivity index (χ4n) is 0.771. The molecule has 0 saturated carbocycles. The lowest BCUT2D eigenvalue weighted by molar-refractivity contribution is 0.587. The summed E-state index contributed by atoms with van der Waals surface area (Å²) in [6.45, 7) is 6.06. The van der Waals surface area contributed by atoms with Crippen LogP contribution in [0.3, 0.4) is 0 Å². The van der Waals surface area contributed by atoms with Crippen molar-refractivity contribution in [2.24, 2.45) is 9.98 Å². The molecule has 14 heavy (non-hydrogen) atoms. The third kappa shape index (κ3) is 4.03. The van der Waals surface area contributed by atoms with Crippen LogP contribution >= 0.6 is 22.6 Å². The Morgan fingerprint density at radius 1 is 1.21 bits per heavy atom. The summed E-state index contributed by atoms with van der Waals surface area (Å²) in [6, 6.07) is 10.6. The molecular weight excluding hydrogens is 287 g/mol. The number of rotatable bonds is 1. The highest BCUT2D eigenvalue weighted by molar-refractivity contribution is 14.1. The van der Waals surface area contributed by atoms with Crippen molar-refractivity contribution >= 4 is 34.3 Å². The molecular formula is C11H13IN2. The second-order valence-electron chi connectivity index (χ2n) is 3.95. The molecule has 0 bridgehead atoms. The van der Waals surface area contributed by atoms with Crippen LogP contribution in [0.15, 0.2) is 34.3 Å². The quantitative estimate of drug-likeness (QED) is 0.555. The zero-order chi connectivity index (χ0) is 10.6. The molecule has 0 fully saturated rings. The van der Waals surface area contributed by atoms with E-state index in [4.69, 9.17) is 0 Å². The normalized spacial score (nSPS) is 10.6. The lowest BCUT2D eigenvalue weighted by Gasteiger charge is -2.06. The zero-order valence-corrected chi connectivity index (χ0v) is 10.7. The van der Waals surface area contributed by atoms with E-state index in [1.807, 2.05) is 45.0 Å². The van der Waals surface area contributed by atoms with E-state index in [0.717, 1.165) is 9.26 Å². The summed E-state index contributed by atoms with van der Waals surface area (Å²) >= 11 is 2.25. The number of hydrogen-bond donors (Lipinski definition) is 0. The Labute approximate surface area is 98.3 Å². The van der Waals surface area contributed by atoms with Crippen LogP contribution in [0.25, 0.3) is 0 Å². The molecule has 0 aliphatic rings. The van der Waals surface area contributed by atoms with Crippen LogP contribution < -0.4 is 0 Å². The summed E-state index contributed by atoms with van der Waals surface area (Å²) in [6.07, 6.45) is 0. The Bertz CT molecular complexity index is 371. The molecule has 0 aliphatic heterocycles. The van der Waals surface area contributed by atoms with E-state index in [-0.39, 0.29) is 5.54 Å². The molecule has 74 valence electrons. The average molecular weight is 300 g/mol. The van der Waals surface area contributed by atoms with Gasteiger partial charge in [-0.25, -0.2) is 4.99 Å². The topological polar surface area (TPSA) is 24.7 Å². The molecule has 0 aromatic heterocycles. The van der Waals surface area contributed by atoms with Gasteiger partial charge in [0.05, 0.1) is 17.2 Å². The van der Waals surface area contributed by atoms with Crippen LogP contribution in [0, 0.1) is 3.57 Å². The van der Waals surface area contributed by atoms with Crippen LogP contribution in [0.2, 0.25) is 0 Å². The summed E-state index contributed by atoms with van der Waals surface area (Å²) in [5.74, 6) is 0. The van der Waals surface area contributed by atoms with Crippen molar-refractivity contribution in [3.8, 4) is 0 Å². The van der Waals surface area contributed by atoms with E-state index >= 15 is 0 Å². The van der Waals surface area contributed by atoms with Crippen molar-refractivity contribution in [2.45, 2.75) is 26.3 Å². The Morgan fingerprint density at radius 3 is 2.43 bits per heavy atom. The van der Waals surface area contributed by atoms with E-state index in [1.54, 1.807) is 0 Å². The summed E-state index contributed by atoms with van der Waals surface area (Å²) in [5.41, 5.74) is 0.810. The number of benzene rings is 1. The second-order valence-corrected chi connectivity index (χ2v) is 5.11. The van der Waals surface area contributed by atoms with Gasteiger partial charge in [-0.2, -0.15) is 4.99 Å². The van der Waals surface area contributed by atoms with E-state index < -0.39 is 0 Å². The number of para-hydroxylation sites is 1. The summed E-state index contributed by atoms with van der Waals surface area (Å²) < 4.78 is 1.11. The highest BCUT2D eigenvalue weighted by atomic mass is 127. The van der Waals surface area contributed by atoms with Gasteiger partial charge in [0.1, 0.15) is 0 Å². The minimum Gasteiger partial charge on any atom is -0.219 e. The zero-order valence-electron chi connectivity index (χ0n) is 8.58. The molecule has 0 atom stereocenters. The first kappa shape index (κ1) is 11.4. The molecule has 0 amide bonds. The molecule has 2 nitrogen and oxygen atoms in total. The van der Waals surface area contributed by atoms with Crippen molar-refractivity contribution in [3.63, 3.8) is 0 Å². The average Bonchev–Trinajstić information content (AvgIpc) is 2.06. The summed E-state index contributed by atoms with van der Waals surface area (Å²) in [7, 11) is 0. The molecule has 0 N–H and O–H groups in total. The minimum absolute atomic E-state index is 0.107. The molecule has 0 unspecified atom stereocenters. The van der Waals surface area contributed by atoms with Crippen molar-refractivity contribution in [1.82, 2.24) is 0 Å². The standard InChI is InChI=1S/C11H13IN2/c1-11(2,3)14-8-13-10-7-5-4-6-9(10)12/h4-7H,1-3H3. The largest absolute Gasteiger partial charge is 0.219 e. The molecule has 3 heteroatoms. The molecule has 0 radical (unpaired) electrons. The van der Waals surface area contributed by atoms with Gasteiger partial charge >= 0.3 is 0 Å². The van der Waals surface area contributed by atoms with Crippen molar-refractivity contribution in [3.05, 3.63) is 27.8 Å². The number of hydrogen-bond acceptors (Lipinski definition) is 2. The highest BCUT2D eigenvalue weighted by Gasteiger charge is 2.04. The van der Waals surface area contributed by atoms with Gasteiger partial charge in [-0.3, -0.25) is 0 Å². The maximum Gasteiger partial charge on any atom is 0.0954 e. The lowest BCUT2D eigenvalue weighted by atomic mass is 10.1. The molecule has 1 aromatic carbocycles. The maximum atomic E-state index is 4.17. The Hall–Kier alpha value is -0.670. The summed E-state index contributed by atoms with van der Waals surface area (Å²) in [4.78, 5) is 8.34. The van der Waals surface area contributed by atoms with Gasteiger partial charge < -0.3 is 0 Å². The summed E-state index contributed by atoms with van der Waals surface area (Å²) in [5, 5.41) is 0. The van der Waals surface area contributed by atoms with Gasteiger partial charge in [-0.15, -0.1) is 0 Å². The highest BCUT2D eigenvalue weighted by Crippen LogP contribution is 2.19. The first-order valence-electron chi connectivity index (χ1n) is 4.41. The predicted molar refractivity (Wildman–Crippen MR) is 68.4 cm³/mol. The smallest absolute Gasteiger partial charge is 0.0954 e. The SMILES string of the molecule is CC(C)(C)N=C=Nc1ccccc1I. The first-order valence-corrected chi connectivity index (χ1v) is 5.49. The van der Waals surface area contributed by atoms with Gasteiger partial charge in [0.15, 0.2) is 0 Å². The number of nitrogens with zero attached hydrogens (tertiary/aromatic N) is 2. The van der Waals surface area contributed by atoms with Gasteiger partial charge in [-0.05, 0) is 55.5 Å². The minimum atomic E-state index is -0.107. The fourth-order valence-corrected chi connectivity index (χ4v) is 1.28. The van der Waals surface area contributed by atoms with Crippen LogP contribution in [0.1, 0.15) is 20.8 Å². The van der Waals surface area contributed by atoms with E-state index in [0.29, 0.717) is 0 Å². The second kappa shape index (κ2) is 4.71. The van der Waals surface area contributed by atoms with Crippen molar-refractivity contribution in [1.29, 1.82) is 0 Å². The van der Waals surface area contributed by atoms with Crippen molar-refractivity contribution in [2.75, 3.05) is 0 Å². The Kier molecular flexibility index (Phi) is 3.84. The molecule has 1 rings (SSSR count). The third-order valence-corrected chi connectivity index (χ3v) is 2.32. The van der Waals surface area contributed by atoms with Gasteiger partial charge in [0, 0.05) is 3.57 Å². The Morgan fingerprint density at radius 2 is 1.86 bits per heavy atom. The van der Waals surface area contributed by atoms with Crippen molar-refractivity contribution < 1.29 is 0 Å². The Balaban J connectivity index is 2.90. The van der Waals surface area contributed by atoms with Gasteiger partial charge in [0.2, 0.25) is 0 Å². The molecule has 0 spiro atoms. The molecule has 1 aromatic rings. The lowest BCUT2D eigenvalue weighted by Crippen LogP contribution is -2.07. The van der Waals surface area contributed by atoms with Crippen LogP contribution in [0.4, 0.5) is 5.69 Å². The third-order valence-electron chi connectivity index (χ3n) is 1.41.